The van der Waals surface area contributed by atoms with Gasteiger partial charge in [0.05, 0.1) is 13.2 Å². The predicted molar refractivity (Wildman–Crippen MR) is 95.3 cm³/mol. The molecule has 1 atom stereocenters. The van der Waals surface area contributed by atoms with Gasteiger partial charge in [-0.2, -0.15) is 0 Å². The van der Waals surface area contributed by atoms with Crippen molar-refractivity contribution in [1.82, 2.24) is 14.7 Å². The van der Waals surface area contributed by atoms with Crippen LogP contribution in [0.2, 0.25) is 0 Å². The Morgan fingerprint density at radius 1 is 1.13 bits per heavy atom. The van der Waals surface area contributed by atoms with Gasteiger partial charge in [-0.1, -0.05) is 0 Å². The van der Waals surface area contributed by atoms with Crippen molar-refractivity contribution in [2.75, 3.05) is 59.5 Å². The standard InChI is InChI=1S/C14H28N4O3.2ClH/c1-4-17(5-2)13(19)10-16-6-8-18(9-7-16)14(20)12(15)11-21-3;;/h12H,4-11,15H2,1-3H3;2*1H. The first kappa shape index (κ1) is 24.6. The molecule has 1 saturated heterocycles. The summed E-state index contributed by atoms with van der Waals surface area (Å²) in [7, 11) is 1.53. The molecule has 0 aromatic rings. The van der Waals surface area contributed by atoms with Crippen molar-refractivity contribution in [3.8, 4) is 0 Å². The highest BCUT2D eigenvalue weighted by Crippen LogP contribution is 2.04. The average Bonchev–Trinajstić information content (AvgIpc) is 2.48. The maximum absolute atomic E-state index is 12.0. The number of carbonyl (C=O) groups excluding carboxylic acids is 2. The highest BCUT2D eigenvalue weighted by Gasteiger charge is 2.26. The summed E-state index contributed by atoms with van der Waals surface area (Å²) in [6.07, 6.45) is 0. The minimum Gasteiger partial charge on any atom is -0.383 e. The lowest BCUT2D eigenvalue weighted by Gasteiger charge is -2.36. The van der Waals surface area contributed by atoms with Gasteiger partial charge in [0.1, 0.15) is 6.04 Å². The van der Waals surface area contributed by atoms with Crippen LogP contribution in [0.4, 0.5) is 0 Å². The number of methoxy groups -OCH3 is 1. The summed E-state index contributed by atoms with van der Waals surface area (Å²) in [5, 5.41) is 0. The second-order valence-corrected chi connectivity index (χ2v) is 5.23. The largest absolute Gasteiger partial charge is 0.383 e. The van der Waals surface area contributed by atoms with E-state index in [9.17, 15) is 9.59 Å². The van der Waals surface area contributed by atoms with Crippen LogP contribution in [0.5, 0.6) is 0 Å². The van der Waals surface area contributed by atoms with Gasteiger partial charge in [-0.15, -0.1) is 24.8 Å². The minimum absolute atomic E-state index is 0. The van der Waals surface area contributed by atoms with E-state index < -0.39 is 6.04 Å². The molecule has 23 heavy (non-hydrogen) atoms. The Balaban J connectivity index is 0. The normalized spacial score (nSPS) is 16.1. The smallest absolute Gasteiger partial charge is 0.241 e. The summed E-state index contributed by atoms with van der Waals surface area (Å²) in [5.41, 5.74) is 5.76. The van der Waals surface area contributed by atoms with Crippen molar-refractivity contribution in [1.29, 1.82) is 0 Å². The van der Waals surface area contributed by atoms with Crippen molar-refractivity contribution in [2.45, 2.75) is 19.9 Å². The number of nitrogens with two attached hydrogens (primary N) is 1. The molecule has 0 aromatic carbocycles. The van der Waals surface area contributed by atoms with Gasteiger partial charge < -0.3 is 20.3 Å². The van der Waals surface area contributed by atoms with E-state index in [1.54, 1.807) is 4.90 Å². The van der Waals surface area contributed by atoms with Gasteiger partial charge >= 0.3 is 0 Å². The molecule has 0 aliphatic carbocycles. The van der Waals surface area contributed by atoms with Crippen molar-refractivity contribution in [3.05, 3.63) is 0 Å². The van der Waals surface area contributed by atoms with Gasteiger partial charge in [0.25, 0.3) is 0 Å². The zero-order valence-electron chi connectivity index (χ0n) is 14.2. The van der Waals surface area contributed by atoms with Gasteiger partial charge in [-0.25, -0.2) is 0 Å². The molecule has 1 unspecified atom stereocenters. The summed E-state index contributed by atoms with van der Waals surface area (Å²) >= 11 is 0. The van der Waals surface area contributed by atoms with Crippen molar-refractivity contribution in [2.24, 2.45) is 5.73 Å². The Hall–Kier alpha value is -0.600. The third-order valence-electron chi connectivity index (χ3n) is 3.82. The Morgan fingerprint density at radius 2 is 1.65 bits per heavy atom. The molecule has 138 valence electrons. The Kier molecular flexibility index (Phi) is 13.7. The molecule has 2 amide bonds. The Labute approximate surface area is 151 Å². The lowest BCUT2D eigenvalue weighted by Crippen LogP contribution is -2.55. The van der Waals surface area contributed by atoms with Gasteiger partial charge in [-0.3, -0.25) is 14.5 Å². The maximum atomic E-state index is 12.0. The molecular formula is C14H30Cl2N4O3. The zero-order chi connectivity index (χ0) is 15.8. The molecule has 1 fully saturated rings. The van der Waals surface area contributed by atoms with E-state index in [4.69, 9.17) is 10.5 Å². The first-order valence-corrected chi connectivity index (χ1v) is 7.56. The van der Waals surface area contributed by atoms with Gasteiger partial charge in [0, 0.05) is 46.4 Å². The summed E-state index contributed by atoms with van der Waals surface area (Å²) in [5.74, 6) is 0.0717. The number of ether oxygens (including phenoxy) is 1. The molecule has 2 N–H and O–H groups in total. The van der Waals surface area contributed by atoms with Gasteiger partial charge in [-0.05, 0) is 13.8 Å². The second kappa shape index (κ2) is 12.8. The van der Waals surface area contributed by atoms with Crippen LogP contribution >= 0.6 is 24.8 Å². The zero-order valence-corrected chi connectivity index (χ0v) is 15.8. The van der Waals surface area contributed by atoms with Crippen molar-refractivity contribution < 1.29 is 14.3 Å². The second-order valence-electron chi connectivity index (χ2n) is 5.23. The van der Waals surface area contributed by atoms with Crippen LogP contribution < -0.4 is 5.73 Å². The first-order valence-electron chi connectivity index (χ1n) is 7.56. The number of nitrogens with zero attached hydrogens (tertiary/aromatic N) is 3. The monoisotopic (exact) mass is 372 g/mol. The molecule has 0 saturated carbocycles. The first-order chi connectivity index (χ1) is 10.0. The van der Waals surface area contributed by atoms with Crippen LogP contribution in [-0.2, 0) is 14.3 Å². The number of hydrogen-bond donors (Lipinski definition) is 1. The third-order valence-corrected chi connectivity index (χ3v) is 3.82. The van der Waals surface area contributed by atoms with Gasteiger partial charge in [0.15, 0.2) is 0 Å². The van der Waals surface area contributed by atoms with Crippen LogP contribution in [0, 0.1) is 0 Å². The van der Waals surface area contributed by atoms with E-state index in [0.29, 0.717) is 32.7 Å². The third kappa shape index (κ3) is 7.67. The average molecular weight is 373 g/mol. The summed E-state index contributed by atoms with van der Waals surface area (Å²) in [6, 6.07) is -0.598. The molecule has 1 aliphatic heterocycles. The van der Waals surface area contributed by atoms with Crippen molar-refractivity contribution in [3.63, 3.8) is 0 Å². The fourth-order valence-corrected chi connectivity index (χ4v) is 2.48. The van der Waals surface area contributed by atoms with Crippen LogP contribution in [0.25, 0.3) is 0 Å². The molecule has 1 heterocycles. The molecule has 0 spiro atoms. The number of likely N-dealkylation sites (N-methyl/N-ethyl adjacent to an activating group) is 1. The van der Waals surface area contributed by atoms with E-state index >= 15 is 0 Å². The molecule has 1 aliphatic rings. The molecule has 0 bridgehead atoms. The molecule has 9 heteroatoms. The van der Waals surface area contributed by atoms with E-state index in [0.717, 1.165) is 13.1 Å². The van der Waals surface area contributed by atoms with Crippen LogP contribution in [0.3, 0.4) is 0 Å². The number of halogens is 2. The van der Waals surface area contributed by atoms with Crippen LogP contribution in [0.1, 0.15) is 13.8 Å². The van der Waals surface area contributed by atoms with E-state index in [2.05, 4.69) is 4.90 Å². The molecule has 0 aromatic heterocycles. The van der Waals surface area contributed by atoms with Gasteiger partial charge in [0.2, 0.25) is 11.8 Å². The highest BCUT2D eigenvalue weighted by molar-refractivity contribution is 5.85. The number of carbonyl (C=O) groups is 2. The van der Waals surface area contributed by atoms with Crippen LogP contribution in [-0.4, -0.2) is 92.1 Å². The fraction of sp³-hybridized carbons (Fsp3) is 0.857. The number of amides is 2. The van der Waals surface area contributed by atoms with E-state index in [1.807, 2.05) is 18.7 Å². The fourth-order valence-electron chi connectivity index (χ4n) is 2.48. The Morgan fingerprint density at radius 3 is 2.09 bits per heavy atom. The topological polar surface area (TPSA) is 79.1 Å². The molecule has 7 nitrogen and oxygen atoms in total. The molecule has 1 rings (SSSR count). The maximum Gasteiger partial charge on any atom is 0.241 e. The SMILES string of the molecule is CCN(CC)C(=O)CN1CCN(C(=O)C(N)COC)CC1.Cl.Cl. The predicted octanol–water partition coefficient (Wildman–Crippen LogP) is -0.184. The van der Waals surface area contributed by atoms with E-state index in [-0.39, 0.29) is 43.2 Å². The quantitative estimate of drug-likeness (QED) is 0.670. The number of piperazine rings is 1. The molecule has 0 radical (unpaired) electrons. The Bertz CT molecular complexity index is 349. The lowest BCUT2D eigenvalue weighted by molar-refractivity contribution is -0.136. The minimum atomic E-state index is -0.598. The number of rotatable bonds is 7. The van der Waals surface area contributed by atoms with Crippen molar-refractivity contribution >= 4 is 36.6 Å². The summed E-state index contributed by atoms with van der Waals surface area (Å²) < 4.78 is 4.91. The van der Waals surface area contributed by atoms with E-state index in [1.165, 1.54) is 7.11 Å². The number of hydrogen-bond acceptors (Lipinski definition) is 5. The summed E-state index contributed by atoms with van der Waals surface area (Å²) in [4.78, 5) is 29.8. The lowest BCUT2D eigenvalue weighted by atomic mass is 10.2. The molecular weight excluding hydrogens is 343 g/mol. The van der Waals surface area contributed by atoms with Crippen LogP contribution in [0.15, 0.2) is 0 Å². The highest BCUT2D eigenvalue weighted by atomic mass is 35.5. The summed E-state index contributed by atoms with van der Waals surface area (Å²) in [6.45, 7) is 8.73.